The maximum absolute atomic E-state index is 11.2. The molecule has 0 N–H and O–H groups in total. The molecule has 0 fully saturated rings. The number of carbonyl (C=O) groups is 1. The van der Waals surface area contributed by atoms with E-state index in [-0.39, 0.29) is 12.4 Å². The molecule has 0 aliphatic carbocycles. The molecule has 0 saturated heterocycles. The molecule has 0 heterocycles. The first-order chi connectivity index (χ1) is 8.42. The third-order valence-electron chi connectivity index (χ3n) is 2.26. The first-order valence-electron chi connectivity index (χ1n) is 5.49. The number of rotatable bonds is 3. The summed E-state index contributed by atoms with van der Waals surface area (Å²) < 4.78 is 10.2. The van der Waals surface area contributed by atoms with Crippen molar-refractivity contribution in [3.63, 3.8) is 0 Å². The van der Waals surface area contributed by atoms with Crippen LogP contribution in [-0.2, 0) is 16.0 Å². The van der Waals surface area contributed by atoms with Crippen LogP contribution in [0.1, 0.15) is 11.1 Å². The number of esters is 1. The third kappa shape index (κ3) is 4.33. The molecule has 0 spiro atoms. The minimum atomic E-state index is -0.276. The van der Waals surface area contributed by atoms with Crippen LogP contribution < -0.4 is 4.74 Å². The fourth-order valence-electron chi connectivity index (χ4n) is 1.42. The Balaban J connectivity index is 2.87. The van der Waals surface area contributed by atoms with Gasteiger partial charge in [-0.05, 0) is 42.4 Å². The molecule has 5 heteroatoms. The smallest absolute Gasteiger partial charge is 0.309 e. The second-order valence-electron chi connectivity index (χ2n) is 4.17. The highest BCUT2D eigenvalue weighted by Crippen LogP contribution is 2.18. The molecule has 4 nitrogen and oxygen atoms in total. The number of methoxy groups -OCH3 is 1. The molecule has 0 aromatic heterocycles. The maximum atomic E-state index is 11.2. The van der Waals surface area contributed by atoms with Crippen LogP contribution in [0.5, 0.6) is 5.75 Å². The Morgan fingerprint density at radius 1 is 1.33 bits per heavy atom. The topological polar surface area (TPSA) is 38.8 Å². The van der Waals surface area contributed by atoms with E-state index < -0.39 is 0 Å². The molecule has 1 aromatic rings. The number of carbonyl (C=O) groups excluding carboxylic acids is 1. The van der Waals surface area contributed by atoms with E-state index in [1.807, 2.05) is 33.2 Å². The summed E-state index contributed by atoms with van der Waals surface area (Å²) >= 11 is 5.07. The van der Waals surface area contributed by atoms with E-state index in [1.165, 1.54) is 7.11 Å². The van der Waals surface area contributed by atoms with Crippen LogP contribution in [0.3, 0.4) is 0 Å². The van der Waals surface area contributed by atoms with Crippen molar-refractivity contribution in [1.29, 1.82) is 0 Å². The Morgan fingerprint density at radius 3 is 2.56 bits per heavy atom. The Hall–Kier alpha value is -1.62. The molecule has 98 valence electrons. The van der Waals surface area contributed by atoms with Crippen molar-refractivity contribution in [2.45, 2.75) is 13.3 Å². The summed E-state index contributed by atoms with van der Waals surface area (Å²) in [7, 11) is 5.00. The van der Waals surface area contributed by atoms with Crippen LogP contribution >= 0.6 is 12.2 Å². The number of nitrogens with zero attached hydrogens (tertiary/aromatic N) is 1. The molecule has 0 aliphatic heterocycles. The largest absolute Gasteiger partial charge is 0.469 e. The van der Waals surface area contributed by atoms with Crippen LogP contribution in [0.25, 0.3) is 0 Å². The van der Waals surface area contributed by atoms with Gasteiger partial charge in [0.1, 0.15) is 5.75 Å². The average molecular weight is 267 g/mol. The Kier molecular flexibility index (Phi) is 5.09. The van der Waals surface area contributed by atoms with Gasteiger partial charge in [-0.2, -0.15) is 0 Å². The molecule has 0 amide bonds. The zero-order valence-corrected chi connectivity index (χ0v) is 11.8. The predicted molar refractivity (Wildman–Crippen MR) is 73.8 cm³/mol. The van der Waals surface area contributed by atoms with E-state index in [0.717, 1.165) is 11.1 Å². The van der Waals surface area contributed by atoms with Gasteiger partial charge in [0.15, 0.2) is 0 Å². The third-order valence-corrected chi connectivity index (χ3v) is 2.71. The van der Waals surface area contributed by atoms with Gasteiger partial charge in [0.25, 0.3) is 5.17 Å². The van der Waals surface area contributed by atoms with E-state index in [1.54, 1.807) is 11.0 Å². The van der Waals surface area contributed by atoms with Crippen LogP contribution in [0, 0.1) is 6.92 Å². The minimum absolute atomic E-state index is 0.225. The Labute approximate surface area is 112 Å². The van der Waals surface area contributed by atoms with Crippen LogP contribution in [0.4, 0.5) is 0 Å². The van der Waals surface area contributed by atoms with Gasteiger partial charge in [-0.25, -0.2) is 0 Å². The van der Waals surface area contributed by atoms with Gasteiger partial charge in [-0.1, -0.05) is 6.07 Å². The highest BCUT2D eigenvalue weighted by molar-refractivity contribution is 7.80. The summed E-state index contributed by atoms with van der Waals surface area (Å²) in [5.74, 6) is 0.356. The van der Waals surface area contributed by atoms with Crippen molar-refractivity contribution in [2.75, 3.05) is 21.2 Å². The van der Waals surface area contributed by atoms with E-state index in [4.69, 9.17) is 17.0 Å². The van der Waals surface area contributed by atoms with Crippen molar-refractivity contribution in [2.24, 2.45) is 0 Å². The molecule has 0 aliphatic rings. The normalized spacial score (nSPS) is 9.78. The van der Waals surface area contributed by atoms with Gasteiger partial charge in [0.2, 0.25) is 0 Å². The summed E-state index contributed by atoms with van der Waals surface area (Å²) in [6, 6.07) is 5.58. The lowest BCUT2D eigenvalue weighted by atomic mass is 10.1. The van der Waals surface area contributed by atoms with Gasteiger partial charge < -0.3 is 14.4 Å². The highest BCUT2D eigenvalue weighted by Gasteiger charge is 2.08. The van der Waals surface area contributed by atoms with Gasteiger partial charge in [-0.3, -0.25) is 4.79 Å². The zero-order chi connectivity index (χ0) is 13.7. The highest BCUT2D eigenvalue weighted by atomic mass is 32.1. The molecular formula is C13H17NO3S. The van der Waals surface area contributed by atoms with Crippen LogP contribution in [0.15, 0.2) is 18.2 Å². The van der Waals surface area contributed by atoms with Crippen LogP contribution in [0.2, 0.25) is 0 Å². The van der Waals surface area contributed by atoms with Crippen molar-refractivity contribution in [1.82, 2.24) is 4.90 Å². The first-order valence-corrected chi connectivity index (χ1v) is 5.89. The number of aryl methyl sites for hydroxylation is 1. The van der Waals surface area contributed by atoms with Crippen molar-refractivity contribution < 1.29 is 14.3 Å². The molecule has 1 rings (SSSR count). The molecule has 0 radical (unpaired) electrons. The number of hydrogen-bond donors (Lipinski definition) is 0. The minimum Gasteiger partial charge on any atom is -0.469 e. The molecule has 0 saturated carbocycles. The SMILES string of the molecule is COC(=O)Cc1cc(C)cc(OC(=S)N(C)C)c1. The Morgan fingerprint density at radius 2 is 2.00 bits per heavy atom. The van der Waals surface area contributed by atoms with Gasteiger partial charge >= 0.3 is 5.97 Å². The van der Waals surface area contributed by atoms with Crippen molar-refractivity contribution >= 4 is 23.4 Å². The standard InChI is InChI=1S/C13H17NO3S/c1-9-5-10(8-12(15)16-4)7-11(6-9)17-13(18)14(2)3/h5-7H,8H2,1-4H3. The fourth-order valence-corrected chi connectivity index (χ4v) is 1.51. The first kappa shape index (κ1) is 14.4. The average Bonchev–Trinajstić information content (AvgIpc) is 2.27. The fraction of sp³-hybridized carbons (Fsp3) is 0.385. The molecule has 0 unspecified atom stereocenters. The van der Waals surface area contributed by atoms with E-state index in [9.17, 15) is 4.79 Å². The summed E-state index contributed by atoms with van der Waals surface area (Å²) in [5.41, 5.74) is 1.85. The van der Waals surface area contributed by atoms with Crippen molar-refractivity contribution in [3.8, 4) is 5.75 Å². The molecule has 1 aromatic carbocycles. The molecular weight excluding hydrogens is 250 g/mol. The van der Waals surface area contributed by atoms with E-state index >= 15 is 0 Å². The summed E-state index contributed by atoms with van der Waals surface area (Å²) in [4.78, 5) is 12.9. The number of hydrogen-bond acceptors (Lipinski definition) is 4. The van der Waals surface area contributed by atoms with Gasteiger partial charge in [0.05, 0.1) is 13.5 Å². The maximum Gasteiger partial charge on any atom is 0.309 e. The van der Waals surface area contributed by atoms with E-state index in [2.05, 4.69) is 4.74 Å². The molecule has 0 atom stereocenters. The van der Waals surface area contributed by atoms with Gasteiger partial charge in [0, 0.05) is 14.1 Å². The Bertz CT molecular complexity index is 458. The monoisotopic (exact) mass is 267 g/mol. The number of ether oxygens (including phenoxy) is 2. The van der Waals surface area contributed by atoms with E-state index in [0.29, 0.717) is 10.9 Å². The second kappa shape index (κ2) is 6.35. The molecule has 18 heavy (non-hydrogen) atoms. The van der Waals surface area contributed by atoms with Crippen molar-refractivity contribution in [3.05, 3.63) is 29.3 Å². The number of benzene rings is 1. The quantitative estimate of drug-likeness (QED) is 0.618. The summed E-state index contributed by atoms with van der Waals surface area (Å²) in [5, 5.41) is 0.379. The predicted octanol–water partition coefficient (Wildman–Crippen LogP) is 1.94. The lowest BCUT2D eigenvalue weighted by molar-refractivity contribution is -0.139. The summed E-state index contributed by atoms with van der Waals surface area (Å²) in [6.45, 7) is 1.94. The zero-order valence-electron chi connectivity index (χ0n) is 11.0. The van der Waals surface area contributed by atoms with Gasteiger partial charge in [-0.15, -0.1) is 0 Å². The van der Waals surface area contributed by atoms with Crippen LogP contribution in [-0.4, -0.2) is 37.2 Å². The molecule has 0 bridgehead atoms. The summed E-state index contributed by atoms with van der Waals surface area (Å²) in [6.07, 6.45) is 0.225. The second-order valence-corrected chi connectivity index (χ2v) is 4.52. The lowest BCUT2D eigenvalue weighted by Crippen LogP contribution is -2.25. The number of thiocarbonyl (C=S) groups is 1. The lowest BCUT2D eigenvalue weighted by Gasteiger charge is -2.15.